The van der Waals surface area contributed by atoms with Crippen LogP contribution in [0.15, 0.2) is 36.4 Å². The van der Waals surface area contributed by atoms with Crippen LogP contribution in [-0.2, 0) is 31.3 Å². The van der Waals surface area contributed by atoms with E-state index < -0.39 is 47.0 Å². The largest absolute Gasteiger partial charge is 0.497 e. The van der Waals surface area contributed by atoms with Crippen molar-refractivity contribution in [1.82, 2.24) is 10.2 Å². The van der Waals surface area contributed by atoms with Gasteiger partial charge in [-0.3, -0.25) is 29.4 Å². The van der Waals surface area contributed by atoms with Crippen molar-refractivity contribution in [3.63, 3.8) is 0 Å². The van der Waals surface area contributed by atoms with Gasteiger partial charge in [0.1, 0.15) is 11.3 Å². The minimum Gasteiger partial charge on any atom is -0.497 e. The van der Waals surface area contributed by atoms with Crippen LogP contribution in [-0.4, -0.2) is 41.7 Å². The van der Waals surface area contributed by atoms with Crippen LogP contribution >= 0.6 is 0 Å². The molecule has 0 aromatic heterocycles. The van der Waals surface area contributed by atoms with Crippen molar-refractivity contribution in [2.45, 2.75) is 38.4 Å². The first-order valence-electron chi connectivity index (χ1n) is 11.1. The van der Waals surface area contributed by atoms with Crippen LogP contribution in [0.5, 0.6) is 5.75 Å². The summed E-state index contributed by atoms with van der Waals surface area (Å²) < 4.78 is 5.18. The van der Waals surface area contributed by atoms with Crippen molar-refractivity contribution >= 4 is 29.3 Å². The molecule has 2 saturated heterocycles. The number of amides is 4. The molecule has 5 rings (SSSR count). The quantitative estimate of drug-likeness (QED) is 0.571. The monoisotopic (exact) mass is 462 g/mol. The Labute approximate surface area is 196 Å². The second kappa shape index (κ2) is 7.66. The number of anilines is 1. The fourth-order valence-corrected chi connectivity index (χ4v) is 5.64. The Balaban J connectivity index is 1.59. The Morgan fingerprint density at radius 1 is 1.09 bits per heavy atom. The summed E-state index contributed by atoms with van der Waals surface area (Å²) >= 11 is 0. The highest BCUT2D eigenvalue weighted by atomic mass is 16.5. The number of likely N-dealkylation sites (tertiary alicyclic amines) is 1. The molecule has 9 heteroatoms. The Kier molecular flexibility index (Phi) is 4.98. The van der Waals surface area contributed by atoms with Crippen LogP contribution < -0.4 is 21.1 Å². The first-order chi connectivity index (χ1) is 16.2. The fraction of sp³-hybridized carbons (Fsp3) is 0.360. The summed E-state index contributed by atoms with van der Waals surface area (Å²) in [6.45, 7) is 3.90. The molecule has 0 bridgehead atoms. The third-order valence-corrected chi connectivity index (χ3v) is 7.43. The molecular weight excluding hydrogens is 436 g/mol. The number of ether oxygens (including phenoxy) is 1. The van der Waals surface area contributed by atoms with Gasteiger partial charge in [0, 0.05) is 23.7 Å². The van der Waals surface area contributed by atoms with Crippen LogP contribution in [0.2, 0.25) is 0 Å². The Morgan fingerprint density at radius 3 is 2.44 bits per heavy atom. The minimum atomic E-state index is -1.44. The number of imide groups is 1. The molecule has 0 saturated carbocycles. The van der Waals surface area contributed by atoms with E-state index in [0.717, 1.165) is 16.7 Å². The zero-order valence-electron chi connectivity index (χ0n) is 19.2. The molecule has 3 aliphatic heterocycles. The van der Waals surface area contributed by atoms with Gasteiger partial charge in [0.2, 0.25) is 23.6 Å². The zero-order chi connectivity index (χ0) is 24.4. The summed E-state index contributed by atoms with van der Waals surface area (Å²) in [4.78, 5) is 53.9. The van der Waals surface area contributed by atoms with Crippen LogP contribution in [0.1, 0.15) is 28.7 Å². The SMILES string of the molecule is COc1ccc(CN2C(=O)[C@H]3[C@H](CC(N)=O)N[C@]4(C(=O)Nc5c4ccc(C)c5C)[C@@H]3C2=O)cc1. The van der Waals surface area contributed by atoms with E-state index in [1.165, 1.54) is 4.90 Å². The van der Waals surface area contributed by atoms with Crippen LogP contribution in [0.3, 0.4) is 0 Å². The smallest absolute Gasteiger partial charge is 0.250 e. The minimum absolute atomic E-state index is 0.0649. The van der Waals surface area contributed by atoms with Gasteiger partial charge >= 0.3 is 0 Å². The average molecular weight is 463 g/mol. The van der Waals surface area contributed by atoms with E-state index in [4.69, 9.17) is 10.5 Å². The van der Waals surface area contributed by atoms with Gasteiger partial charge in [0.05, 0.1) is 25.5 Å². The molecule has 2 aromatic carbocycles. The normalized spacial score (nSPS) is 27.2. The first-order valence-corrected chi connectivity index (χ1v) is 11.1. The molecule has 3 heterocycles. The van der Waals surface area contributed by atoms with Gasteiger partial charge in [-0.25, -0.2) is 0 Å². The predicted octanol–water partition coefficient (Wildman–Crippen LogP) is 1.11. The number of primary amides is 1. The maximum atomic E-state index is 13.8. The van der Waals surface area contributed by atoms with Crippen LogP contribution in [0.4, 0.5) is 5.69 Å². The van der Waals surface area contributed by atoms with Gasteiger partial charge in [-0.15, -0.1) is 0 Å². The topological polar surface area (TPSA) is 131 Å². The van der Waals surface area contributed by atoms with Gasteiger partial charge in [-0.05, 0) is 42.7 Å². The molecule has 4 amide bonds. The maximum absolute atomic E-state index is 13.8. The zero-order valence-corrected chi connectivity index (χ0v) is 19.2. The van der Waals surface area contributed by atoms with Crippen molar-refractivity contribution in [3.8, 4) is 5.75 Å². The Hall–Kier alpha value is -3.72. The lowest BCUT2D eigenvalue weighted by Crippen LogP contribution is -2.53. The summed E-state index contributed by atoms with van der Waals surface area (Å²) in [5.41, 5.74) is 7.94. The summed E-state index contributed by atoms with van der Waals surface area (Å²) in [7, 11) is 1.56. The number of aryl methyl sites for hydroxylation is 1. The molecule has 3 aliphatic rings. The van der Waals surface area contributed by atoms with Gasteiger partial charge in [-0.1, -0.05) is 24.3 Å². The molecule has 1 spiro atoms. The highest BCUT2D eigenvalue weighted by Gasteiger charge is 2.70. The number of carbonyl (C=O) groups excluding carboxylic acids is 4. The molecule has 2 fully saturated rings. The lowest BCUT2D eigenvalue weighted by molar-refractivity contribution is -0.143. The predicted molar refractivity (Wildman–Crippen MR) is 122 cm³/mol. The van der Waals surface area contributed by atoms with E-state index in [1.54, 1.807) is 31.4 Å². The molecule has 4 N–H and O–H groups in total. The van der Waals surface area contributed by atoms with Gasteiger partial charge < -0.3 is 15.8 Å². The lowest BCUT2D eigenvalue weighted by atomic mass is 9.76. The number of fused-ring (bicyclic) bond motifs is 4. The highest BCUT2D eigenvalue weighted by Crippen LogP contribution is 2.54. The number of nitrogens with two attached hydrogens (primary N) is 1. The second-order valence-corrected chi connectivity index (χ2v) is 9.23. The maximum Gasteiger partial charge on any atom is 0.250 e. The molecule has 0 aliphatic carbocycles. The Bertz CT molecular complexity index is 1240. The van der Waals surface area contributed by atoms with Crippen molar-refractivity contribution in [2.24, 2.45) is 17.6 Å². The molecule has 34 heavy (non-hydrogen) atoms. The number of benzene rings is 2. The van der Waals surface area contributed by atoms with E-state index in [0.29, 0.717) is 17.0 Å². The number of rotatable bonds is 5. The standard InChI is InChI=1S/C25H26N4O5/c1-12-4-9-16-21(13(12)2)27-24(33)25(16)20-19(17(28-25)10-18(26)30)22(31)29(23(20)32)11-14-5-7-15(34-3)8-6-14/h4-9,17,19-20,28H,10-11H2,1-3H3,(H2,26,30)(H,27,33)/t17-,19-,20-,25-/m0/s1. The lowest BCUT2D eigenvalue weighted by Gasteiger charge is -2.29. The summed E-state index contributed by atoms with van der Waals surface area (Å²) in [5.74, 6) is -3.05. The molecule has 4 atom stereocenters. The van der Waals surface area contributed by atoms with E-state index in [-0.39, 0.29) is 13.0 Å². The Morgan fingerprint density at radius 2 is 1.79 bits per heavy atom. The van der Waals surface area contributed by atoms with Crippen molar-refractivity contribution in [1.29, 1.82) is 0 Å². The van der Waals surface area contributed by atoms with E-state index in [2.05, 4.69) is 10.6 Å². The number of nitrogens with one attached hydrogen (secondary N) is 2. The third kappa shape index (κ3) is 2.96. The molecule has 0 unspecified atom stereocenters. The molecular formula is C25H26N4O5. The average Bonchev–Trinajstić information content (AvgIpc) is 3.37. The van der Waals surface area contributed by atoms with Gasteiger partial charge in [0.25, 0.3) is 0 Å². The van der Waals surface area contributed by atoms with Gasteiger partial charge in [-0.2, -0.15) is 0 Å². The number of carbonyl (C=O) groups is 4. The van der Waals surface area contributed by atoms with Crippen molar-refractivity contribution in [2.75, 3.05) is 12.4 Å². The number of hydrogen-bond donors (Lipinski definition) is 3. The molecule has 9 nitrogen and oxygen atoms in total. The van der Waals surface area contributed by atoms with Gasteiger partial charge in [0.15, 0.2) is 0 Å². The third-order valence-electron chi connectivity index (χ3n) is 7.43. The van der Waals surface area contributed by atoms with E-state index >= 15 is 0 Å². The summed E-state index contributed by atoms with van der Waals surface area (Å²) in [6, 6.07) is 10.1. The first kappa shape index (κ1) is 22.1. The fourth-order valence-electron chi connectivity index (χ4n) is 5.64. The van der Waals surface area contributed by atoms with Crippen LogP contribution in [0, 0.1) is 25.7 Å². The van der Waals surface area contributed by atoms with E-state index in [1.807, 2.05) is 26.0 Å². The number of hydrogen-bond acceptors (Lipinski definition) is 6. The number of nitrogens with zero attached hydrogens (tertiary/aromatic N) is 1. The van der Waals surface area contributed by atoms with Crippen LogP contribution in [0.25, 0.3) is 0 Å². The summed E-state index contributed by atoms with van der Waals surface area (Å²) in [5, 5.41) is 6.14. The van der Waals surface area contributed by atoms with Crippen molar-refractivity contribution in [3.05, 3.63) is 58.7 Å². The second-order valence-electron chi connectivity index (χ2n) is 9.23. The summed E-state index contributed by atoms with van der Waals surface area (Å²) in [6.07, 6.45) is -0.161. The van der Waals surface area contributed by atoms with E-state index in [9.17, 15) is 19.2 Å². The molecule has 2 aromatic rings. The van der Waals surface area contributed by atoms with Crippen molar-refractivity contribution < 1.29 is 23.9 Å². The molecule has 176 valence electrons. The number of methoxy groups -OCH3 is 1. The highest BCUT2D eigenvalue weighted by molar-refractivity contribution is 6.15. The molecule has 0 radical (unpaired) electrons.